The highest BCUT2D eigenvalue weighted by Gasteiger charge is 2.38. The smallest absolute Gasteiger partial charge is 0.416 e. The van der Waals surface area contributed by atoms with E-state index in [4.69, 9.17) is 21.1 Å². The SMILES string of the molecule is CCOC(=O)C1=C(COc2cccc(C(F)(F)F)c2)N(CC)C(=O)NC1c1cccc(Cl)c1. The number of likely N-dealkylation sites (N-methyl/N-ethyl adjacent to an activating group) is 1. The Bertz CT molecular complexity index is 1070. The number of nitrogens with one attached hydrogen (secondary N) is 1. The van der Waals surface area contributed by atoms with E-state index in [2.05, 4.69) is 5.32 Å². The molecule has 0 fully saturated rings. The van der Waals surface area contributed by atoms with E-state index < -0.39 is 29.8 Å². The van der Waals surface area contributed by atoms with Gasteiger partial charge in [0, 0.05) is 11.6 Å². The number of alkyl halides is 3. The predicted octanol–water partition coefficient (Wildman–Crippen LogP) is 5.34. The van der Waals surface area contributed by atoms with Gasteiger partial charge in [0.05, 0.1) is 29.5 Å². The second-order valence-electron chi connectivity index (χ2n) is 7.08. The summed E-state index contributed by atoms with van der Waals surface area (Å²) in [5, 5.41) is 3.18. The molecule has 1 atom stereocenters. The fourth-order valence-corrected chi connectivity index (χ4v) is 3.69. The largest absolute Gasteiger partial charge is 0.487 e. The number of hydrogen-bond donors (Lipinski definition) is 1. The third-order valence-corrected chi connectivity index (χ3v) is 5.20. The van der Waals surface area contributed by atoms with Gasteiger partial charge in [-0.05, 0) is 49.7 Å². The molecule has 1 N–H and O–H groups in total. The highest BCUT2D eigenvalue weighted by molar-refractivity contribution is 6.30. The van der Waals surface area contributed by atoms with Crippen molar-refractivity contribution in [2.75, 3.05) is 19.8 Å². The maximum atomic E-state index is 13.1. The number of esters is 1. The first kappa shape index (κ1) is 24.4. The van der Waals surface area contributed by atoms with Gasteiger partial charge in [-0.3, -0.25) is 4.90 Å². The summed E-state index contributed by atoms with van der Waals surface area (Å²) in [4.78, 5) is 27.1. The Morgan fingerprint density at radius 3 is 2.52 bits per heavy atom. The average Bonchev–Trinajstić information content (AvgIpc) is 2.77. The third-order valence-electron chi connectivity index (χ3n) is 4.97. The Balaban J connectivity index is 2.05. The number of urea groups is 1. The van der Waals surface area contributed by atoms with E-state index in [9.17, 15) is 22.8 Å². The Morgan fingerprint density at radius 2 is 1.88 bits per heavy atom. The molecule has 3 rings (SSSR count). The lowest BCUT2D eigenvalue weighted by atomic mass is 9.94. The second-order valence-corrected chi connectivity index (χ2v) is 7.51. The minimum atomic E-state index is -4.54. The molecule has 1 aliphatic rings. The normalized spacial score (nSPS) is 16.5. The molecule has 6 nitrogen and oxygen atoms in total. The Hall–Kier alpha value is -3.20. The van der Waals surface area contributed by atoms with E-state index in [1.807, 2.05) is 0 Å². The lowest BCUT2D eigenvalue weighted by molar-refractivity contribution is -0.139. The topological polar surface area (TPSA) is 67.9 Å². The van der Waals surface area contributed by atoms with Crippen molar-refractivity contribution >= 4 is 23.6 Å². The number of benzene rings is 2. The van der Waals surface area contributed by atoms with Crippen LogP contribution in [0.1, 0.15) is 31.0 Å². The molecule has 0 saturated carbocycles. The van der Waals surface area contributed by atoms with Gasteiger partial charge in [0.25, 0.3) is 0 Å². The van der Waals surface area contributed by atoms with Crippen LogP contribution in [0.5, 0.6) is 5.75 Å². The first-order valence-corrected chi connectivity index (χ1v) is 10.6. The molecule has 1 aliphatic heterocycles. The zero-order valence-corrected chi connectivity index (χ0v) is 18.7. The average molecular weight is 483 g/mol. The van der Waals surface area contributed by atoms with E-state index in [0.717, 1.165) is 12.1 Å². The molecule has 1 heterocycles. The molecule has 176 valence electrons. The van der Waals surface area contributed by atoms with E-state index in [1.54, 1.807) is 38.1 Å². The monoisotopic (exact) mass is 482 g/mol. The molecule has 10 heteroatoms. The van der Waals surface area contributed by atoms with Crippen molar-refractivity contribution < 1.29 is 32.2 Å². The van der Waals surface area contributed by atoms with Gasteiger partial charge in [-0.15, -0.1) is 0 Å². The van der Waals surface area contributed by atoms with Gasteiger partial charge in [-0.2, -0.15) is 13.2 Å². The number of rotatable bonds is 7. The van der Waals surface area contributed by atoms with Crippen molar-refractivity contribution in [3.63, 3.8) is 0 Å². The maximum Gasteiger partial charge on any atom is 0.416 e. The molecule has 0 aromatic heterocycles. The molecule has 0 aliphatic carbocycles. The maximum absolute atomic E-state index is 13.1. The zero-order valence-electron chi connectivity index (χ0n) is 17.9. The van der Waals surface area contributed by atoms with E-state index in [-0.39, 0.29) is 36.8 Å². The van der Waals surface area contributed by atoms with Gasteiger partial charge in [0.15, 0.2) is 0 Å². The molecule has 0 spiro atoms. The Morgan fingerprint density at radius 1 is 1.15 bits per heavy atom. The molecule has 2 aromatic rings. The van der Waals surface area contributed by atoms with Crippen LogP contribution in [0.25, 0.3) is 0 Å². The number of ether oxygens (including phenoxy) is 2. The highest BCUT2D eigenvalue weighted by Crippen LogP contribution is 2.34. The van der Waals surface area contributed by atoms with Gasteiger partial charge in [0.2, 0.25) is 0 Å². The standard InChI is InChI=1S/C23H22ClF3N2O4/c1-3-29-18(13-33-17-10-6-8-15(12-17)23(25,26)27)19(21(30)32-4-2)20(28-22(29)31)14-7-5-9-16(24)11-14/h5-12,20H,3-4,13H2,1-2H3,(H,28,31). The lowest BCUT2D eigenvalue weighted by Gasteiger charge is -2.36. The van der Waals surface area contributed by atoms with Crippen molar-refractivity contribution in [2.45, 2.75) is 26.1 Å². The van der Waals surface area contributed by atoms with Crippen LogP contribution < -0.4 is 10.1 Å². The van der Waals surface area contributed by atoms with E-state index in [1.165, 1.54) is 17.0 Å². The van der Waals surface area contributed by atoms with Crippen molar-refractivity contribution in [2.24, 2.45) is 0 Å². The molecule has 0 saturated heterocycles. The van der Waals surface area contributed by atoms with Crippen LogP contribution in [0.4, 0.5) is 18.0 Å². The molecular formula is C23H22ClF3N2O4. The van der Waals surface area contributed by atoms with Crippen LogP contribution >= 0.6 is 11.6 Å². The zero-order chi connectivity index (χ0) is 24.2. The summed E-state index contributed by atoms with van der Waals surface area (Å²) in [6.45, 7) is 3.30. The van der Waals surface area contributed by atoms with Crippen molar-refractivity contribution in [1.29, 1.82) is 0 Å². The van der Waals surface area contributed by atoms with Gasteiger partial charge >= 0.3 is 18.2 Å². The van der Waals surface area contributed by atoms with Gasteiger partial charge in [0.1, 0.15) is 12.4 Å². The number of hydrogen-bond acceptors (Lipinski definition) is 4. The summed E-state index contributed by atoms with van der Waals surface area (Å²) in [6.07, 6.45) is -4.54. The van der Waals surface area contributed by atoms with E-state index >= 15 is 0 Å². The van der Waals surface area contributed by atoms with Crippen LogP contribution in [0.15, 0.2) is 59.8 Å². The Kier molecular flexibility index (Phi) is 7.53. The Labute approximate surface area is 193 Å². The fraction of sp³-hybridized carbons (Fsp3) is 0.304. The summed E-state index contributed by atoms with van der Waals surface area (Å²) in [7, 11) is 0. The first-order valence-electron chi connectivity index (χ1n) is 10.2. The molecule has 1 unspecified atom stereocenters. The molecule has 0 radical (unpaired) electrons. The van der Waals surface area contributed by atoms with Gasteiger partial charge < -0.3 is 14.8 Å². The van der Waals surface area contributed by atoms with Gasteiger partial charge in [-0.1, -0.05) is 29.8 Å². The number of nitrogens with zero attached hydrogens (tertiary/aromatic N) is 1. The van der Waals surface area contributed by atoms with Crippen LogP contribution in [0.2, 0.25) is 5.02 Å². The third kappa shape index (κ3) is 5.60. The molecular weight excluding hydrogens is 461 g/mol. The van der Waals surface area contributed by atoms with Gasteiger partial charge in [-0.25, -0.2) is 9.59 Å². The fourth-order valence-electron chi connectivity index (χ4n) is 3.49. The molecule has 2 amide bonds. The number of carbonyl (C=O) groups excluding carboxylic acids is 2. The highest BCUT2D eigenvalue weighted by atomic mass is 35.5. The molecule has 0 bridgehead atoms. The summed E-state index contributed by atoms with van der Waals surface area (Å²) in [5.41, 5.74) is -0.00834. The van der Waals surface area contributed by atoms with E-state index in [0.29, 0.717) is 10.6 Å². The van der Waals surface area contributed by atoms with Crippen LogP contribution in [0.3, 0.4) is 0 Å². The number of halogens is 4. The minimum absolute atomic E-state index is 0.0538. The summed E-state index contributed by atoms with van der Waals surface area (Å²) in [5.74, 6) is -0.731. The summed E-state index contributed by atoms with van der Waals surface area (Å²) < 4.78 is 50.0. The van der Waals surface area contributed by atoms with Crippen LogP contribution in [-0.2, 0) is 15.7 Å². The first-order chi connectivity index (χ1) is 15.7. The summed E-state index contributed by atoms with van der Waals surface area (Å²) >= 11 is 6.10. The van der Waals surface area contributed by atoms with Crippen LogP contribution in [-0.4, -0.2) is 36.7 Å². The quantitative estimate of drug-likeness (QED) is 0.541. The summed E-state index contributed by atoms with van der Waals surface area (Å²) in [6, 6.07) is 9.65. The van der Waals surface area contributed by atoms with Crippen molar-refractivity contribution in [3.8, 4) is 5.75 Å². The van der Waals surface area contributed by atoms with Crippen LogP contribution in [0, 0.1) is 0 Å². The number of carbonyl (C=O) groups is 2. The minimum Gasteiger partial charge on any atom is -0.487 e. The van der Waals surface area contributed by atoms with Crippen molar-refractivity contribution in [3.05, 3.63) is 76.0 Å². The lowest BCUT2D eigenvalue weighted by Crippen LogP contribution is -2.49. The number of amides is 2. The molecule has 2 aromatic carbocycles. The van der Waals surface area contributed by atoms with Crippen molar-refractivity contribution in [1.82, 2.24) is 10.2 Å². The second kappa shape index (κ2) is 10.2. The molecule has 33 heavy (non-hydrogen) atoms. The predicted molar refractivity (Wildman–Crippen MR) is 116 cm³/mol.